The van der Waals surface area contributed by atoms with Crippen LogP contribution < -0.4 is 4.90 Å². The van der Waals surface area contributed by atoms with E-state index in [1.165, 1.54) is 5.69 Å². The molecule has 0 atom stereocenters. The van der Waals surface area contributed by atoms with Gasteiger partial charge in [-0.15, -0.1) is 0 Å². The van der Waals surface area contributed by atoms with Gasteiger partial charge in [-0.2, -0.15) is 5.10 Å². The molecule has 0 fully saturated rings. The second-order valence-electron chi connectivity index (χ2n) is 7.65. The molecule has 8 heteroatoms. The number of nitrogens with zero attached hydrogens (tertiary/aromatic N) is 6. The molecule has 5 rings (SSSR count). The van der Waals surface area contributed by atoms with Crippen LogP contribution in [0, 0.1) is 0 Å². The van der Waals surface area contributed by atoms with Crippen molar-refractivity contribution in [1.82, 2.24) is 24.3 Å². The first kappa shape index (κ1) is 20.0. The number of ether oxygens (including phenoxy) is 1. The summed E-state index contributed by atoms with van der Waals surface area (Å²) in [5.74, 6) is 1.04. The second-order valence-corrected chi connectivity index (χ2v) is 7.65. The van der Waals surface area contributed by atoms with Crippen molar-refractivity contribution in [3.05, 3.63) is 73.0 Å². The van der Waals surface area contributed by atoms with E-state index in [1.807, 2.05) is 33.9 Å². The number of hydrogen-bond acceptors (Lipinski definition) is 6. The number of aromatic nitrogens is 5. The molecule has 32 heavy (non-hydrogen) atoms. The minimum Gasteiger partial charge on any atom is -0.466 e. The van der Waals surface area contributed by atoms with Crippen LogP contribution in [0.25, 0.3) is 22.5 Å². The molecular formula is C24H24N6O2. The van der Waals surface area contributed by atoms with E-state index >= 15 is 0 Å². The maximum Gasteiger partial charge on any atom is 0.310 e. The van der Waals surface area contributed by atoms with E-state index in [-0.39, 0.29) is 12.4 Å². The molecule has 0 bridgehead atoms. The molecule has 0 N–H and O–H groups in total. The summed E-state index contributed by atoms with van der Waals surface area (Å²) in [6.07, 6.45) is 14.7. The maximum atomic E-state index is 11.8. The molecule has 1 aliphatic rings. The van der Waals surface area contributed by atoms with E-state index in [4.69, 9.17) is 9.72 Å². The number of carbonyl (C=O) groups excluding carboxylic acids is 1. The minimum atomic E-state index is -0.243. The van der Waals surface area contributed by atoms with Gasteiger partial charge in [0.1, 0.15) is 0 Å². The molecule has 1 aliphatic heterocycles. The molecular weight excluding hydrogens is 404 g/mol. The fourth-order valence-corrected chi connectivity index (χ4v) is 3.90. The van der Waals surface area contributed by atoms with Gasteiger partial charge in [0.25, 0.3) is 0 Å². The van der Waals surface area contributed by atoms with Crippen LogP contribution >= 0.6 is 0 Å². The molecule has 162 valence electrons. The van der Waals surface area contributed by atoms with Gasteiger partial charge >= 0.3 is 5.97 Å². The third-order valence-electron chi connectivity index (χ3n) is 5.48. The van der Waals surface area contributed by atoms with Gasteiger partial charge in [-0.1, -0.05) is 12.2 Å². The second kappa shape index (κ2) is 8.66. The van der Waals surface area contributed by atoms with Crippen molar-refractivity contribution in [2.24, 2.45) is 0 Å². The Balaban J connectivity index is 1.45. The molecule has 0 aliphatic carbocycles. The summed E-state index contributed by atoms with van der Waals surface area (Å²) in [7, 11) is 0. The van der Waals surface area contributed by atoms with Crippen molar-refractivity contribution in [1.29, 1.82) is 0 Å². The molecule has 0 spiro atoms. The van der Waals surface area contributed by atoms with E-state index in [9.17, 15) is 4.79 Å². The number of rotatable bonds is 6. The zero-order valence-corrected chi connectivity index (χ0v) is 17.9. The van der Waals surface area contributed by atoms with Crippen molar-refractivity contribution in [3.8, 4) is 11.6 Å². The summed E-state index contributed by atoms with van der Waals surface area (Å²) in [5, 5.41) is 5.61. The molecule has 4 aromatic rings. The van der Waals surface area contributed by atoms with Crippen LogP contribution in [-0.2, 0) is 16.0 Å². The maximum absolute atomic E-state index is 11.8. The smallest absolute Gasteiger partial charge is 0.310 e. The third-order valence-corrected chi connectivity index (χ3v) is 5.48. The normalized spacial score (nSPS) is 13.6. The summed E-state index contributed by atoms with van der Waals surface area (Å²) >= 11 is 0. The number of benzene rings is 1. The Morgan fingerprint density at radius 3 is 2.88 bits per heavy atom. The summed E-state index contributed by atoms with van der Waals surface area (Å²) in [4.78, 5) is 23.3. The lowest BCUT2D eigenvalue weighted by molar-refractivity contribution is -0.142. The van der Waals surface area contributed by atoms with E-state index in [1.54, 1.807) is 19.3 Å². The van der Waals surface area contributed by atoms with Gasteiger partial charge in [0.05, 0.1) is 37.1 Å². The molecule has 0 amide bonds. The molecule has 0 radical (unpaired) electrons. The van der Waals surface area contributed by atoms with Crippen LogP contribution in [0.4, 0.5) is 5.69 Å². The summed E-state index contributed by atoms with van der Waals surface area (Å²) in [5.41, 5.74) is 3.01. The van der Waals surface area contributed by atoms with Crippen molar-refractivity contribution in [3.63, 3.8) is 0 Å². The lowest BCUT2D eigenvalue weighted by atomic mass is 10.2. The fourth-order valence-electron chi connectivity index (χ4n) is 3.90. The lowest BCUT2D eigenvalue weighted by Crippen LogP contribution is -2.26. The van der Waals surface area contributed by atoms with Crippen LogP contribution in [0.2, 0.25) is 0 Å². The van der Waals surface area contributed by atoms with Gasteiger partial charge in [0.2, 0.25) is 0 Å². The Morgan fingerprint density at radius 1 is 1.12 bits per heavy atom. The monoisotopic (exact) mass is 428 g/mol. The average Bonchev–Trinajstić information content (AvgIpc) is 3.46. The SMILES string of the molecule is CCOC(=O)Cc1ccn(-c2cncc(-n3ncc4ccc(N5CC=CCC5)cc43)n2)c1. The van der Waals surface area contributed by atoms with Crippen molar-refractivity contribution in [2.45, 2.75) is 19.8 Å². The number of fused-ring (bicyclic) bond motifs is 1. The first-order valence-electron chi connectivity index (χ1n) is 10.7. The standard InChI is InChI=1S/C24H24N6O2/c1-2-32-24(31)12-18-8-11-29(17-18)22-15-25-16-23(27-22)30-21-13-20(7-6-19(21)14-26-30)28-9-4-3-5-10-28/h3-4,6-8,11,13-17H,2,5,9-10,12H2,1H3. The Bertz CT molecular complexity index is 1290. The third kappa shape index (κ3) is 3.99. The Kier molecular flexibility index (Phi) is 5.41. The summed E-state index contributed by atoms with van der Waals surface area (Å²) in [6.45, 7) is 4.10. The molecule has 0 unspecified atom stereocenters. The number of esters is 1. The van der Waals surface area contributed by atoms with Crippen LogP contribution in [0.15, 0.2) is 67.4 Å². The average molecular weight is 428 g/mol. The molecule has 1 aromatic carbocycles. The summed E-state index contributed by atoms with van der Waals surface area (Å²) in [6, 6.07) is 8.27. The van der Waals surface area contributed by atoms with Gasteiger partial charge in [-0.3, -0.25) is 9.78 Å². The zero-order valence-electron chi connectivity index (χ0n) is 17.9. The van der Waals surface area contributed by atoms with Gasteiger partial charge in [-0.25, -0.2) is 9.67 Å². The van der Waals surface area contributed by atoms with Gasteiger partial charge < -0.3 is 14.2 Å². The first-order chi connectivity index (χ1) is 15.7. The molecule has 0 saturated heterocycles. The summed E-state index contributed by atoms with van der Waals surface area (Å²) < 4.78 is 8.70. The van der Waals surface area contributed by atoms with Crippen molar-refractivity contribution >= 4 is 22.6 Å². The van der Waals surface area contributed by atoms with Crippen LogP contribution in [0.1, 0.15) is 18.9 Å². The van der Waals surface area contributed by atoms with E-state index in [0.29, 0.717) is 18.2 Å². The van der Waals surface area contributed by atoms with Gasteiger partial charge in [0.15, 0.2) is 11.6 Å². The number of carbonyl (C=O) groups is 1. The number of anilines is 1. The molecule has 4 heterocycles. The predicted molar refractivity (Wildman–Crippen MR) is 122 cm³/mol. The Labute approximate surface area is 185 Å². The first-order valence-corrected chi connectivity index (χ1v) is 10.7. The highest BCUT2D eigenvalue weighted by Gasteiger charge is 2.13. The fraction of sp³-hybridized carbons (Fsp3) is 0.250. The zero-order chi connectivity index (χ0) is 21.9. The van der Waals surface area contributed by atoms with Gasteiger partial charge in [0, 0.05) is 36.6 Å². The molecule has 0 saturated carbocycles. The Morgan fingerprint density at radius 2 is 2.03 bits per heavy atom. The van der Waals surface area contributed by atoms with Gasteiger partial charge in [-0.05, 0) is 43.2 Å². The quantitative estimate of drug-likeness (QED) is 0.346. The van der Waals surface area contributed by atoms with Crippen LogP contribution in [0.3, 0.4) is 0 Å². The molecule has 8 nitrogen and oxygen atoms in total. The minimum absolute atomic E-state index is 0.228. The highest BCUT2D eigenvalue weighted by molar-refractivity contribution is 5.83. The van der Waals surface area contributed by atoms with E-state index < -0.39 is 0 Å². The lowest BCUT2D eigenvalue weighted by Gasteiger charge is -2.25. The highest BCUT2D eigenvalue weighted by atomic mass is 16.5. The predicted octanol–water partition coefficient (Wildman–Crippen LogP) is 3.48. The van der Waals surface area contributed by atoms with E-state index in [0.717, 1.165) is 36.0 Å². The van der Waals surface area contributed by atoms with Crippen molar-refractivity contribution in [2.75, 3.05) is 24.6 Å². The highest BCUT2D eigenvalue weighted by Crippen LogP contribution is 2.25. The van der Waals surface area contributed by atoms with Crippen molar-refractivity contribution < 1.29 is 9.53 Å². The van der Waals surface area contributed by atoms with Crippen LogP contribution in [0.5, 0.6) is 0 Å². The molecule has 3 aromatic heterocycles. The number of hydrogen-bond donors (Lipinski definition) is 0. The Hall–Kier alpha value is -3.94. The largest absolute Gasteiger partial charge is 0.466 e. The van der Waals surface area contributed by atoms with Crippen LogP contribution in [-0.4, -0.2) is 50.0 Å². The topological polar surface area (TPSA) is 78.1 Å². The van der Waals surface area contributed by atoms with E-state index in [2.05, 4.69) is 45.3 Å².